The normalized spacial score (nSPS) is 11.3. The Kier molecular flexibility index (Phi) is 6.98. The van der Waals surface area contributed by atoms with Gasteiger partial charge >= 0.3 is 5.97 Å². The van der Waals surface area contributed by atoms with Crippen molar-refractivity contribution in [1.29, 1.82) is 0 Å². The second kappa shape index (κ2) is 10.1. The van der Waals surface area contributed by atoms with Crippen molar-refractivity contribution < 1.29 is 22.7 Å². The quantitative estimate of drug-likeness (QED) is 0.378. The van der Waals surface area contributed by atoms with Crippen LogP contribution in [-0.4, -0.2) is 36.5 Å². The first-order chi connectivity index (χ1) is 17.1. The van der Waals surface area contributed by atoms with Gasteiger partial charge in [-0.25, -0.2) is 13.4 Å². The number of anilines is 2. The van der Waals surface area contributed by atoms with Crippen LogP contribution >= 0.6 is 0 Å². The van der Waals surface area contributed by atoms with E-state index >= 15 is 0 Å². The minimum Gasteiger partial charge on any atom is -0.461 e. The minimum atomic E-state index is -3.62. The Bertz CT molecular complexity index is 1560. The number of carbonyl (C=O) groups is 2. The van der Waals surface area contributed by atoms with E-state index in [4.69, 9.17) is 10.5 Å². The maximum atomic E-state index is 13.5. The summed E-state index contributed by atoms with van der Waals surface area (Å²) in [5.74, 6) is -0.590. The Morgan fingerprint density at radius 1 is 1.06 bits per heavy atom. The Balaban J connectivity index is 1.76. The van der Waals surface area contributed by atoms with Gasteiger partial charge in [-0.1, -0.05) is 24.3 Å². The third-order valence-electron chi connectivity index (χ3n) is 5.48. The van der Waals surface area contributed by atoms with Crippen LogP contribution in [0.4, 0.5) is 11.5 Å². The smallest absolute Gasteiger partial charge is 0.302 e. The van der Waals surface area contributed by atoms with Crippen LogP contribution in [0.15, 0.2) is 78.0 Å². The number of nitrogen functional groups attached to an aromatic ring is 1. The van der Waals surface area contributed by atoms with E-state index in [0.29, 0.717) is 22.2 Å². The third-order valence-corrected chi connectivity index (χ3v) is 6.62. The molecule has 4 aromatic rings. The number of para-hydroxylation sites is 1. The van der Waals surface area contributed by atoms with Crippen molar-refractivity contribution in [3.8, 4) is 0 Å². The van der Waals surface area contributed by atoms with E-state index < -0.39 is 21.7 Å². The predicted octanol–water partition coefficient (Wildman–Crippen LogP) is 3.53. The van der Waals surface area contributed by atoms with E-state index in [1.165, 1.54) is 24.1 Å². The molecule has 2 N–H and O–H groups in total. The SMILES string of the molecule is CC(=O)OCc1cc2ccc(CN(C(=O)c3cccnc3)c3ccccc3S(C)(=O)=O)cc2nc1N. The lowest BCUT2D eigenvalue weighted by Gasteiger charge is -2.25. The number of carbonyl (C=O) groups excluding carboxylic acids is 2. The Labute approximate surface area is 208 Å². The monoisotopic (exact) mass is 504 g/mol. The highest BCUT2D eigenvalue weighted by molar-refractivity contribution is 7.90. The summed E-state index contributed by atoms with van der Waals surface area (Å²) < 4.78 is 30.0. The molecule has 2 aromatic heterocycles. The van der Waals surface area contributed by atoms with E-state index in [9.17, 15) is 18.0 Å². The Morgan fingerprint density at radius 3 is 2.53 bits per heavy atom. The molecule has 0 radical (unpaired) electrons. The summed E-state index contributed by atoms with van der Waals surface area (Å²) in [6, 6.07) is 16.9. The van der Waals surface area contributed by atoms with Gasteiger partial charge in [0.25, 0.3) is 5.91 Å². The van der Waals surface area contributed by atoms with Gasteiger partial charge in [0.1, 0.15) is 12.4 Å². The van der Waals surface area contributed by atoms with Gasteiger partial charge in [-0.05, 0) is 42.0 Å². The fourth-order valence-corrected chi connectivity index (χ4v) is 4.64. The number of amides is 1. The summed E-state index contributed by atoms with van der Waals surface area (Å²) in [4.78, 5) is 34.6. The van der Waals surface area contributed by atoms with Crippen LogP contribution in [0, 0.1) is 0 Å². The molecular formula is C26H24N4O5S. The molecule has 9 nitrogen and oxygen atoms in total. The van der Waals surface area contributed by atoms with E-state index in [2.05, 4.69) is 9.97 Å². The van der Waals surface area contributed by atoms with Gasteiger partial charge in [-0.15, -0.1) is 0 Å². The molecule has 0 spiro atoms. The second-order valence-electron chi connectivity index (χ2n) is 8.21. The van der Waals surface area contributed by atoms with Crippen molar-refractivity contribution in [3.63, 3.8) is 0 Å². The maximum Gasteiger partial charge on any atom is 0.302 e. The molecule has 0 aliphatic heterocycles. The van der Waals surface area contributed by atoms with Gasteiger partial charge in [0, 0.05) is 36.5 Å². The fraction of sp³-hybridized carbons (Fsp3) is 0.154. The summed E-state index contributed by atoms with van der Waals surface area (Å²) in [6.45, 7) is 1.41. The lowest BCUT2D eigenvalue weighted by atomic mass is 10.1. The molecule has 0 saturated carbocycles. The zero-order chi connectivity index (χ0) is 25.9. The second-order valence-corrected chi connectivity index (χ2v) is 10.2. The van der Waals surface area contributed by atoms with Crippen LogP contribution in [0.5, 0.6) is 0 Å². The lowest BCUT2D eigenvalue weighted by Crippen LogP contribution is -2.31. The van der Waals surface area contributed by atoms with Gasteiger partial charge < -0.3 is 15.4 Å². The number of aromatic nitrogens is 2. The largest absolute Gasteiger partial charge is 0.461 e. The summed E-state index contributed by atoms with van der Waals surface area (Å²) in [5.41, 5.74) is 8.53. The minimum absolute atomic E-state index is 0.0154. The van der Waals surface area contributed by atoms with Crippen LogP contribution in [0.25, 0.3) is 10.9 Å². The standard InChI is InChI=1S/C26H24N4O5S/c1-17(31)35-16-21-13-19-10-9-18(12-22(19)29-25(21)27)15-30(26(32)20-6-5-11-28-14-20)23-7-3-4-8-24(23)36(2,33)34/h3-14H,15-16H2,1-2H3,(H2,27,29). The van der Waals surface area contributed by atoms with Crippen molar-refractivity contribution in [2.24, 2.45) is 0 Å². The summed E-state index contributed by atoms with van der Waals surface area (Å²) in [7, 11) is -3.62. The molecular weight excluding hydrogens is 480 g/mol. The van der Waals surface area contributed by atoms with Crippen molar-refractivity contribution in [2.75, 3.05) is 16.9 Å². The molecule has 0 fully saturated rings. The molecule has 10 heteroatoms. The van der Waals surface area contributed by atoms with Crippen molar-refractivity contribution in [3.05, 3.63) is 89.7 Å². The van der Waals surface area contributed by atoms with E-state index in [1.54, 1.807) is 48.7 Å². The number of esters is 1. The molecule has 184 valence electrons. The summed E-state index contributed by atoms with van der Waals surface area (Å²) >= 11 is 0. The zero-order valence-corrected chi connectivity index (χ0v) is 20.5. The van der Waals surface area contributed by atoms with Crippen LogP contribution in [-0.2, 0) is 32.5 Å². The molecule has 4 rings (SSSR count). The van der Waals surface area contributed by atoms with Gasteiger partial charge in [0.2, 0.25) is 0 Å². The number of fused-ring (bicyclic) bond motifs is 1. The van der Waals surface area contributed by atoms with Crippen molar-refractivity contribution in [1.82, 2.24) is 9.97 Å². The number of hydrogen-bond donors (Lipinski definition) is 1. The van der Waals surface area contributed by atoms with Crippen LogP contribution in [0.2, 0.25) is 0 Å². The fourth-order valence-electron chi connectivity index (χ4n) is 3.75. The highest BCUT2D eigenvalue weighted by Gasteiger charge is 2.24. The van der Waals surface area contributed by atoms with Crippen LogP contribution in [0.1, 0.15) is 28.4 Å². The summed E-state index contributed by atoms with van der Waals surface area (Å²) in [5, 5.41) is 0.775. The number of ether oxygens (including phenoxy) is 1. The first kappa shape index (κ1) is 24.8. The highest BCUT2D eigenvalue weighted by atomic mass is 32.2. The Morgan fingerprint density at radius 2 is 1.83 bits per heavy atom. The number of nitrogens with zero attached hydrogens (tertiary/aromatic N) is 3. The molecule has 2 heterocycles. The average molecular weight is 505 g/mol. The van der Waals surface area contributed by atoms with Gasteiger partial charge in [0.05, 0.1) is 28.2 Å². The van der Waals surface area contributed by atoms with E-state index in [1.807, 2.05) is 12.1 Å². The predicted molar refractivity (Wildman–Crippen MR) is 136 cm³/mol. The highest BCUT2D eigenvalue weighted by Crippen LogP contribution is 2.29. The van der Waals surface area contributed by atoms with Crippen molar-refractivity contribution >= 4 is 44.1 Å². The molecule has 0 bridgehead atoms. The number of benzene rings is 2. The number of pyridine rings is 2. The summed E-state index contributed by atoms with van der Waals surface area (Å²) in [6.07, 6.45) is 4.10. The van der Waals surface area contributed by atoms with Gasteiger partial charge in [0.15, 0.2) is 9.84 Å². The maximum absolute atomic E-state index is 13.5. The third kappa shape index (κ3) is 5.49. The van der Waals surface area contributed by atoms with Gasteiger partial charge in [-0.3, -0.25) is 14.6 Å². The zero-order valence-electron chi connectivity index (χ0n) is 19.7. The van der Waals surface area contributed by atoms with Crippen molar-refractivity contribution in [2.45, 2.75) is 25.0 Å². The first-order valence-corrected chi connectivity index (χ1v) is 12.8. The molecule has 0 aliphatic rings. The van der Waals surface area contributed by atoms with E-state index in [-0.39, 0.29) is 29.6 Å². The molecule has 0 saturated heterocycles. The lowest BCUT2D eigenvalue weighted by molar-refractivity contribution is -0.142. The molecule has 36 heavy (non-hydrogen) atoms. The number of hydrogen-bond acceptors (Lipinski definition) is 8. The molecule has 1 amide bonds. The van der Waals surface area contributed by atoms with Gasteiger partial charge in [-0.2, -0.15) is 0 Å². The number of sulfone groups is 1. The van der Waals surface area contributed by atoms with E-state index in [0.717, 1.165) is 11.6 Å². The van der Waals surface area contributed by atoms with Crippen LogP contribution < -0.4 is 10.6 Å². The van der Waals surface area contributed by atoms with Crippen LogP contribution in [0.3, 0.4) is 0 Å². The molecule has 0 atom stereocenters. The first-order valence-electron chi connectivity index (χ1n) is 11.0. The number of nitrogens with two attached hydrogens (primary N) is 1. The average Bonchev–Trinajstić information content (AvgIpc) is 2.85. The number of rotatable bonds is 7. The molecule has 0 aliphatic carbocycles. The topological polar surface area (TPSA) is 133 Å². The Hall–Kier alpha value is -4.31. The molecule has 0 unspecified atom stereocenters. The molecule has 2 aromatic carbocycles.